The van der Waals surface area contributed by atoms with Gasteiger partial charge in [-0.1, -0.05) is 30.3 Å². The number of benzene rings is 2. The van der Waals surface area contributed by atoms with Crippen molar-refractivity contribution in [2.45, 2.75) is 30.4 Å². The van der Waals surface area contributed by atoms with Crippen molar-refractivity contribution < 1.29 is 13.5 Å². The van der Waals surface area contributed by atoms with Crippen molar-refractivity contribution in [3.8, 4) is 0 Å². The lowest BCUT2D eigenvalue weighted by Gasteiger charge is -2.20. The molecule has 24 heavy (non-hydrogen) atoms. The third-order valence-electron chi connectivity index (χ3n) is 3.87. The van der Waals surface area contributed by atoms with Gasteiger partial charge in [0.15, 0.2) is 0 Å². The summed E-state index contributed by atoms with van der Waals surface area (Å²) in [5.74, 6) is 0. The lowest BCUT2D eigenvalue weighted by Crippen LogP contribution is -2.42. The average Bonchev–Trinajstić information content (AvgIpc) is 2.55. The van der Waals surface area contributed by atoms with Crippen molar-refractivity contribution in [1.29, 1.82) is 0 Å². The topological polar surface area (TPSA) is 69.6 Å². The lowest BCUT2D eigenvalue weighted by atomic mass is 10.0. The molecule has 2 aromatic rings. The fourth-order valence-corrected chi connectivity index (χ4v) is 3.62. The van der Waals surface area contributed by atoms with Crippen LogP contribution in [0.25, 0.3) is 0 Å². The van der Waals surface area contributed by atoms with E-state index in [0.29, 0.717) is 6.42 Å². The number of hydrogen-bond donors (Lipinski definition) is 2. The summed E-state index contributed by atoms with van der Waals surface area (Å²) in [5, 5.41) is 10.3. The molecular weight excluding hydrogens is 324 g/mol. The van der Waals surface area contributed by atoms with Gasteiger partial charge in [-0.3, -0.25) is 0 Å². The van der Waals surface area contributed by atoms with Gasteiger partial charge in [-0.15, -0.1) is 0 Å². The Kier molecular flexibility index (Phi) is 5.99. The minimum absolute atomic E-state index is 0.187. The average molecular weight is 348 g/mol. The zero-order valence-corrected chi connectivity index (χ0v) is 15.0. The summed E-state index contributed by atoms with van der Waals surface area (Å²) in [5.41, 5.74) is 1.89. The van der Waals surface area contributed by atoms with Gasteiger partial charge in [-0.25, -0.2) is 13.1 Å². The second-order valence-electron chi connectivity index (χ2n) is 6.06. The first kappa shape index (κ1) is 18.4. The molecule has 2 atom stereocenters. The molecule has 0 fully saturated rings. The van der Waals surface area contributed by atoms with Gasteiger partial charge in [-0.05, 0) is 43.2 Å². The largest absolute Gasteiger partial charge is 0.391 e. The molecule has 130 valence electrons. The van der Waals surface area contributed by atoms with E-state index in [0.717, 1.165) is 11.3 Å². The third-order valence-corrected chi connectivity index (χ3v) is 5.44. The zero-order chi connectivity index (χ0) is 17.7. The molecule has 6 heteroatoms. The number of rotatable bonds is 7. The van der Waals surface area contributed by atoms with Crippen LogP contribution in [-0.4, -0.2) is 39.8 Å². The molecular formula is C18H24N2O3S. The Bertz CT molecular complexity index is 744. The van der Waals surface area contributed by atoms with Gasteiger partial charge in [0.1, 0.15) is 0 Å². The van der Waals surface area contributed by atoms with Gasteiger partial charge in [-0.2, -0.15) is 0 Å². The van der Waals surface area contributed by atoms with E-state index in [2.05, 4.69) is 4.72 Å². The molecule has 0 saturated carbocycles. The maximum atomic E-state index is 12.4. The second kappa shape index (κ2) is 7.79. The number of sulfonamides is 1. The van der Waals surface area contributed by atoms with Gasteiger partial charge in [0, 0.05) is 25.8 Å². The number of anilines is 1. The Labute approximate surface area is 144 Å². The highest BCUT2D eigenvalue weighted by molar-refractivity contribution is 7.89. The molecule has 0 saturated heterocycles. The Morgan fingerprint density at radius 3 is 2.17 bits per heavy atom. The monoisotopic (exact) mass is 348 g/mol. The van der Waals surface area contributed by atoms with Crippen molar-refractivity contribution in [2.24, 2.45) is 0 Å². The first-order chi connectivity index (χ1) is 11.3. The minimum Gasteiger partial charge on any atom is -0.391 e. The SMILES string of the molecule is C[C@H](NS(=O)(=O)c1ccc(N(C)C)cc1)[C@H](O)Cc1ccccc1. The summed E-state index contributed by atoms with van der Waals surface area (Å²) in [6.07, 6.45) is -0.410. The molecule has 2 N–H and O–H groups in total. The van der Waals surface area contributed by atoms with Gasteiger partial charge in [0.2, 0.25) is 10.0 Å². The molecule has 0 unspecified atom stereocenters. The van der Waals surface area contributed by atoms with Crippen LogP contribution in [0.2, 0.25) is 0 Å². The molecule has 2 rings (SSSR count). The maximum absolute atomic E-state index is 12.4. The fraction of sp³-hybridized carbons (Fsp3) is 0.333. The normalized spacial score (nSPS) is 14.2. The van der Waals surface area contributed by atoms with Crippen molar-refractivity contribution in [3.05, 3.63) is 60.2 Å². The summed E-state index contributed by atoms with van der Waals surface area (Å²) in [6.45, 7) is 1.67. The van der Waals surface area contributed by atoms with Gasteiger partial charge in [0.25, 0.3) is 0 Å². The fourth-order valence-electron chi connectivity index (χ4n) is 2.35. The third kappa shape index (κ3) is 4.80. The van der Waals surface area contributed by atoms with Gasteiger partial charge in [0.05, 0.1) is 11.0 Å². The van der Waals surface area contributed by atoms with E-state index in [1.807, 2.05) is 49.3 Å². The van der Waals surface area contributed by atoms with Crippen molar-refractivity contribution in [3.63, 3.8) is 0 Å². The quantitative estimate of drug-likeness (QED) is 0.803. The van der Waals surface area contributed by atoms with Crippen molar-refractivity contribution in [1.82, 2.24) is 4.72 Å². The van der Waals surface area contributed by atoms with Crippen LogP contribution in [-0.2, 0) is 16.4 Å². The van der Waals surface area contributed by atoms with Crippen LogP contribution in [0.15, 0.2) is 59.5 Å². The van der Waals surface area contributed by atoms with Crippen LogP contribution in [0, 0.1) is 0 Å². The number of hydrogen-bond acceptors (Lipinski definition) is 4. The number of aliphatic hydroxyl groups is 1. The highest BCUT2D eigenvalue weighted by Crippen LogP contribution is 2.17. The molecule has 0 radical (unpaired) electrons. The van der Waals surface area contributed by atoms with Crippen LogP contribution in [0.5, 0.6) is 0 Å². The summed E-state index contributed by atoms with van der Waals surface area (Å²) in [6, 6.07) is 15.5. The summed E-state index contributed by atoms with van der Waals surface area (Å²) >= 11 is 0. The number of aliphatic hydroxyl groups excluding tert-OH is 1. The van der Waals surface area contributed by atoms with Crippen LogP contribution in [0.1, 0.15) is 12.5 Å². The van der Waals surface area contributed by atoms with E-state index < -0.39 is 22.2 Å². The summed E-state index contributed by atoms with van der Waals surface area (Å²) < 4.78 is 27.4. The molecule has 0 aromatic heterocycles. The molecule has 0 aliphatic heterocycles. The van der Waals surface area contributed by atoms with E-state index >= 15 is 0 Å². The van der Waals surface area contributed by atoms with E-state index in [1.54, 1.807) is 31.2 Å². The molecule has 0 spiro atoms. The van der Waals surface area contributed by atoms with E-state index in [1.165, 1.54) is 0 Å². The second-order valence-corrected chi connectivity index (χ2v) is 7.77. The molecule has 5 nitrogen and oxygen atoms in total. The molecule has 0 aliphatic rings. The van der Waals surface area contributed by atoms with Crippen molar-refractivity contribution in [2.75, 3.05) is 19.0 Å². The smallest absolute Gasteiger partial charge is 0.240 e. The minimum atomic E-state index is -3.67. The summed E-state index contributed by atoms with van der Waals surface area (Å²) in [4.78, 5) is 2.09. The van der Waals surface area contributed by atoms with E-state index in [-0.39, 0.29) is 4.90 Å². The first-order valence-corrected chi connectivity index (χ1v) is 9.29. The van der Waals surface area contributed by atoms with Crippen LogP contribution in [0.3, 0.4) is 0 Å². The Morgan fingerprint density at radius 1 is 1.04 bits per heavy atom. The maximum Gasteiger partial charge on any atom is 0.240 e. The standard InChI is InChI=1S/C18H24N2O3S/c1-14(18(21)13-15-7-5-4-6-8-15)19-24(22,23)17-11-9-16(10-12-17)20(2)3/h4-12,14,18-19,21H,13H2,1-3H3/t14-,18+/m0/s1. The van der Waals surface area contributed by atoms with Crippen molar-refractivity contribution >= 4 is 15.7 Å². The number of nitrogens with zero attached hydrogens (tertiary/aromatic N) is 1. The van der Waals surface area contributed by atoms with Gasteiger partial charge >= 0.3 is 0 Å². The van der Waals surface area contributed by atoms with Crippen LogP contribution >= 0.6 is 0 Å². The predicted octanol–water partition coefficient (Wildman–Crippen LogP) is 2.02. The number of nitrogens with one attached hydrogen (secondary N) is 1. The molecule has 0 aliphatic carbocycles. The van der Waals surface area contributed by atoms with Crippen LogP contribution < -0.4 is 9.62 Å². The Morgan fingerprint density at radius 2 is 1.62 bits per heavy atom. The lowest BCUT2D eigenvalue weighted by molar-refractivity contribution is 0.144. The highest BCUT2D eigenvalue weighted by atomic mass is 32.2. The Hall–Kier alpha value is -1.89. The van der Waals surface area contributed by atoms with E-state index in [9.17, 15) is 13.5 Å². The molecule has 2 aromatic carbocycles. The molecule has 0 amide bonds. The van der Waals surface area contributed by atoms with E-state index in [4.69, 9.17) is 0 Å². The zero-order valence-electron chi connectivity index (χ0n) is 14.2. The summed E-state index contributed by atoms with van der Waals surface area (Å²) in [7, 11) is 0.117. The Balaban J connectivity index is 2.04. The van der Waals surface area contributed by atoms with Crippen LogP contribution in [0.4, 0.5) is 5.69 Å². The first-order valence-electron chi connectivity index (χ1n) is 7.81. The highest BCUT2D eigenvalue weighted by Gasteiger charge is 2.22. The predicted molar refractivity (Wildman–Crippen MR) is 96.7 cm³/mol. The molecule has 0 bridgehead atoms. The molecule has 0 heterocycles. The van der Waals surface area contributed by atoms with Gasteiger partial charge < -0.3 is 10.0 Å².